The molecular weight excluding hydrogens is 438 g/mol. The quantitative estimate of drug-likeness (QED) is 0.415. The van der Waals surface area contributed by atoms with Gasteiger partial charge in [0.25, 0.3) is 5.91 Å². The fourth-order valence-corrected chi connectivity index (χ4v) is 3.83. The van der Waals surface area contributed by atoms with Gasteiger partial charge in [-0.05, 0) is 61.5 Å². The lowest BCUT2D eigenvalue weighted by molar-refractivity contribution is -0.0498. The van der Waals surface area contributed by atoms with E-state index >= 15 is 0 Å². The Morgan fingerprint density at radius 2 is 1.75 bits per heavy atom. The van der Waals surface area contributed by atoms with Crippen molar-refractivity contribution in [1.29, 1.82) is 0 Å². The zero-order chi connectivity index (χ0) is 22.7. The molecule has 7 nitrogen and oxygen atoms in total. The minimum Gasteiger partial charge on any atom is -0.497 e. The second-order valence-corrected chi connectivity index (χ2v) is 7.83. The van der Waals surface area contributed by atoms with Crippen LogP contribution in [0, 0.1) is 6.92 Å². The molecule has 32 heavy (non-hydrogen) atoms. The Kier molecular flexibility index (Phi) is 6.13. The molecule has 1 amide bonds. The fourth-order valence-electron chi connectivity index (χ4n) is 3.00. The molecule has 2 heterocycles. The first-order valence-electron chi connectivity index (χ1n) is 9.47. The molecule has 4 aromatic rings. The van der Waals surface area contributed by atoms with Crippen LogP contribution in [0.5, 0.6) is 11.5 Å². The van der Waals surface area contributed by atoms with Crippen LogP contribution in [0.15, 0.2) is 60.8 Å². The molecule has 0 spiro atoms. The third-order valence-corrected chi connectivity index (χ3v) is 5.41. The molecule has 0 saturated heterocycles. The Morgan fingerprint density at radius 3 is 2.41 bits per heavy atom. The van der Waals surface area contributed by atoms with Crippen LogP contribution in [-0.4, -0.2) is 34.4 Å². The summed E-state index contributed by atoms with van der Waals surface area (Å²) in [6, 6.07) is 15.1. The van der Waals surface area contributed by atoms with Crippen LogP contribution < -0.4 is 14.8 Å². The van der Waals surface area contributed by atoms with E-state index < -0.39 is 12.5 Å². The van der Waals surface area contributed by atoms with E-state index in [1.54, 1.807) is 36.2 Å². The van der Waals surface area contributed by atoms with Crippen molar-refractivity contribution in [2.24, 2.45) is 0 Å². The van der Waals surface area contributed by atoms with Gasteiger partial charge in [0.05, 0.1) is 18.5 Å². The molecule has 0 aliphatic heterocycles. The van der Waals surface area contributed by atoms with Crippen molar-refractivity contribution >= 4 is 22.4 Å². The number of benzene rings is 2. The van der Waals surface area contributed by atoms with Crippen molar-refractivity contribution in [3.63, 3.8) is 0 Å². The van der Waals surface area contributed by atoms with E-state index in [1.807, 2.05) is 31.2 Å². The van der Waals surface area contributed by atoms with Crippen molar-refractivity contribution in [1.82, 2.24) is 14.8 Å². The number of ether oxygens (including phenoxy) is 2. The molecule has 2 aromatic heterocycles. The van der Waals surface area contributed by atoms with Gasteiger partial charge >= 0.3 is 6.61 Å². The van der Waals surface area contributed by atoms with Gasteiger partial charge < -0.3 is 9.47 Å². The van der Waals surface area contributed by atoms with Crippen LogP contribution in [0.25, 0.3) is 16.9 Å². The Morgan fingerprint density at radius 1 is 1.06 bits per heavy atom. The van der Waals surface area contributed by atoms with Crippen LogP contribution in [0.2, 0.25) is 0 Å². The summed E-state index contributed by atoms with van der Waals surface area (Å²) in [6.07, 6.45) is 1.69. The monoisotopic (exact) mass is 456 g/mol. The van der Waals surface area contributed by atoms with Crippen LogP contribution in [0.4, 0.5) is 13.9 Å². The number of hydrogen-bond donors (Lipinski definition) is 1. The van der Waals surface area contributed by atoms with Crippen LogP contribution in [0.3, 0.4) is 0 Å². The van der Waals surface area contributed by atoms with Crippen LogP contribution in [-0.2, 0) is 0 Å². The molecule has 0 fully saturated rings. The lowest BCUT2D eigenvalue weighted by Crippen LogP contribution is -2.13. The van der Waals surface area contributed by atoms with E-state index in [9.17, 15) is 13.6 Å². The number of carbonyl (C=O) groups is 1. The first-order valence-corrected chi connectivity index (χ1v) is 10.3. The molecule has 0 atom stereocenters. The fraction of sp³-hybridized carbons (Fsp3) is 0.136. The third-order valence-electron chi connectivity index (χ3n) is 4.53. The van der Waals surface area contributed by atoms with Gasteiger partial charge in [-0.3, -0.25) is 10.1 Å². The molecule has 0 unspecified atom stereocenters. The lowest BCUT2D eigenvalue weighted by Gasteiger charge is -2.05. The number of methoxy groups -OCH3 is 1. The summed E-state index contributed by atoms with van der Waals surface area (Å²) in [5, 5.41) is 7.49. The van der Waals surface area contributed by atoms with Gasteiger partial charge in [0.1, 0.15) is 11.5 Å². The third kappa shape index (κ3) is 4.75. The maximum absolute atomic E-state index is 12.6. The summed E-state index contributed by atoms with van der Waals surface area (Å²) < 4.78 is 35.7. The smallest absolute Gasteiger partial charge is 0.387 e. The second-order valence-electron chi connectivity index (χ2n) is 6.62. The van der Waals surface area contributed by atoms with Crippen LogP contribution in [0.1, 0.15) is 15.4 Å². The molecule has 0 aliphatic rings. The number of nitrogens with zero attached hydrogens (tertiary/aromatic N) is 3. The van der Waals surface area contributed by atoms with E-state index in [-0.39, 0.29) is 11.4 Å². The predicted octanol–water partition coefficient (Wildman–Crippen LogP) is 5.17. The molecule has 2 aromatic carbocycles. The lowest BCUT2D eigenvalue weighted by atomic mass is 10.1. The van der Waals surface area contributed by atoms with Gasteiger partial charge in [0.2, 0.25) is 0 Å². The molecule has 1 N–H and O–H groups in total. The second kappa shape index (κ2) is 9.15. The van der Waals surface area contributed by atoms with Crippen molar-refractivity contribution in [2.45, 2.75) is 13.5 Å². The van der Waals surface area contributed by atoms with E-state index in [0.29, 0.717) is 10.8 Å². The number of aryl methyl sites for hydroxylation is 1. The number of carbonyl (C=O) groups excluding carboxylic acids is 1. The number of halogens is 2. The van der Waals surface area contributed by atoms with E-state index in [4.69, 9.17) is 4.74 Å². The number of amides is 1. The average Bonchev–Trinajstić information content (AvgIpc) is 3.41. The minimum absolute atomic E-state index is 0.0672. The van der Waals surface area contributed by atoms with Crippen LogP contribution >= 0.6 is 11.3 Å². The minimum atomic E-state index is -2.88. The number of anilines is 1. The van der Waals surface area contributed by atoms with Gasteiger partial charge in [0.15, 0.2) is 10.8 Å². The Hall–Kier alpha value is -3.79. The largest absolute Gasteiger partial charge is 0.497 e. The van der Waals surface area contributed by atoms with Crippen molar-refractivity contribution in [3.8, 4) is 28.4 Å². The van der Waals surface area contributed by atoms with Gasteiger partial charge in [-0.15, -0.1) is 11.3 Å². The maximum atomic E-state index is 12.6. The van der Waals surface area contributed by atoms with Gasteiger partial charge in [0, 0.05) is 16.6 Å². The normalized spacial score (nSPS) is 10.9. The number of hydrogen-bond acceptors (Lipinski definition) is 6. The highest BCUT2D eigenvalue weighted by Gasteiger charge is 2.16. The highest BCUT2D eigenvalue weighted by molar-refractivity contribution is 7.16. The highest BCUT2D eigenvalue weighted by Crippen LogP contribution is 2.31. The first-order chi connectivity index (χ1) is 15.4. The van der Waals surface area contributed by atoms with Crippen molar-refractivity contribution < 1.29 is 23.0 Å². The molecule has 0 bridgehead atoms. The van der Waals surface area contributed by atoms with E-state index in [0.717, 1.165) is 21.9 Å². The van der Waals surface area contributed by atoms with Gasteiger partial charge in [-0.1, -0.05) is 0 Å². The molecule has 0 radical (unpaired) electrons. The number of nitrogens with one attached hydrogen (secondary N) is 1. The van der Waals surface area contributed by atoms with Gasteiger partial charge in [-0.2, -0.15) is 13.9 Å². The molecule has 0 saturated carbocycles. The topological polar surface area (TPSA) is 78.3 Å². The number of rotatable bonds is 7. The summed E-state index contributed by atoms with van der Waals surface area (Å²) in [4.78, 5) is 18.0. The Labute approximate surface area is 186 Å². The Bertz CT molecular complexity index is 1220. The number of aromatic nitrogens is 3. The van der Waals surface area contributed by atoms with E-state index in [1.165, 1.54) is 23.5 Å². The van der Waals surface area contributed by atoms with Crippen molar-refractivity contribution in [3.05, 3.63) is 71.4 Å². The molecule has 0 aliphatic carbocycles. The van der Waals surface area contributed by atoms with Gasteiger partial charge in [-0.25, -0.2) is 9.67 Å². The predicted molar refractivity (Wildman–Crippen MR) is 117 cm³/mol. The summed E-state index contributed by atoms with van der Waals surface area (Å²) in [5.74, 6) is 0.404. The molecule has 10 heteroatoms. The highest BCUT2D eigenvalue weighted by atomic mass is 32.1. The standard InChI is InChI=1S/C22H18F2N4O3S/c1-13-19(14-3-7-17(8-4-14)31-21(23)24)25-22(32-13)26-20(29)18-11-12-28(27-18)15-5-9-16(30-2)10-6-15/h3-12,21H,1-2H3,(H,25,26,29). The molecule has 164 valence electrons. The summed E-state index contributed by atoms with van der Waals surface area (Å²) in [5.41, 5.74) is 2.41. The van der Waals surface area contributed by atoms with Crippen molar-refractivity contribution in [2.75, 3.05) is 12.4 Å². The van der Waals surface area contributed by atoms with E-state index in [2.05, 4.69) is 20.1 Å². The summed E-state index contributed by atoms with van der Waals surface area (Å²) in [6.45, 7) is -1.01. The number of alkyl halides is 2. The summed E-state index contributed by atoms with van der Waals surface area (Å²) >= 11 is 1.31. The average molecular weight is 456 g/mol. The maximum Gasteiger partial charge on any atom is 0.387 e. The SMILES string of the molecule is COc1ccc(-n2ccc(C(=O)Nc3nc(-c4ccc(OC(F)F)cc4)c(C)s3)n2)cc1. The zero-order valence-corrected chi connectivity index (χ0v) is 17.9. The zero-order valence-electron chi connectivity index (χ0n) is 17.1. The molecular formula is C22H18F2N4O3S. The summed E-state index contributed by atoms with van der Waals surface area (Å²) in [7, 11) is 1.59. The number of thiazole rings is 1. The molecule has 4 rings (SSSR count). The first kappa shape index (κ1) is 21.4. The Balaban J connectivity index is 1.47.